The third-order valence-electron chi connectivity index (χ3n) is 3.10. The minimum absolute atomic E-state index is 0.0558. The van der Waals surface area contributed by atoms with Crippen molar-refractivity contribution in [1.29, 1.82) is 0 Å². The fourth-order valence-corrected chi connectivity index (χ4v) is 1.77. The van der Waals surface area contributed by atoms with Crippen molar-refractivity contribution in [3.63, 3.8) is 0 Å². The Morgan fingerprint density at radius 1 is 1.32 bits per heavy atom. The number of unbranched alkanes of at least 4 members (excludes halogenated alkanes) is 1. The van der Waals surface area contributed by atoms with E-state index in [1.54, 1.807) is 0 Å². The van der Waals surface area contributed by atoms with Gasteiger partial charge in [-0.25, -0.2) is 4.79 Å². The van der Waals surface area contributed by atoms with E-state index in [1.165, 1.54) is 0 Å². The van der Waals surface area contributed by atoms with E-state index < -0.39 is 11.7 Å². The van der Waals surface area contributed by atoms with E-state index in [2.05, 4.69) is 29.5 Å². The fourth-order valence-electron chi connectivity index (χ4n) is 1.77. The van der Waals surface area contributed by atoms with Gasteiger partial charge in [0.2, 0.25) is 0 Å². The van der Waals surface area contributed by atoms with Gasteiger partial charge in [0.05, 0.1) is 6.04 Å². The van der Waals surface area contributed by atoms with E-state index >= 15 is 0 Å². The first-order valence-corrected chi connectivity index (χ1v) is 8.24. The Labute approximate surface area is 135 Å². The first kappa shape index (κ1) is 20.5. The van der Waals surface area contributed by atoms with Crippen molar-refractivity contribution in [2.24, 2.45) is 10.7 Å². The van der Waals surface area contributed by atoms with Crippen molar-refractivity contribution in [2.45, 2.75) is 84.9 Å². The molecule has 0 saturated carbocycles. The molecule has 2 unspecified atom stereocenters. The van der Waals surface area contributed by atoms with Crippen LogP contribution in [0.3, 0.4) is 0 Å². The molecule has 0 radical (unpaired) electrons. The highest BCUT2D eigenvalue weighted by Crippen LogP contribution is 2.07. The Morgan fingerprint density at radius 3 is 2.45 bits per heavy atom. The molecule has 4 N–H and O–H groups in total. The van der Waals surface area contributed by atoms with Crippen molar-refractivity contribution in [2.75, 3.05) is 6.54 Å². The smallest absolute Gasteiger partial charge is 0.407 e. The molecule has 130 valence electrons. The normalized spacial score (nSPS) is 15.1. The molecule has 22 heavy (non-hydrogen) atoms. The summed E-state index contributed by atoms with van der Waals surface area (Å²) in [7, 11) is 0. The van der Waals surface area contributed by atoms with Gasteiger partial charge in [0.15, 0.2) is 5.96 Å². The fraction of sp³-hybridized carbons (Fsp3) is 0.875. The van der Waals surface area contributed by atoms with Crippen LogP contribution in [0.25, 0.3) is 0 Å². The lowest BCUT2D eigenvalue weighted by molar-refractivity contribution is 0.0523. The summed E-state index contributed by atoms with van der Waals surface area (Å²) in [5.41, 5.74) is 5.43. The van der Waals surface area contributed by atoms with Crippen molar-refractivity contribution in [3.05, 3.63) is 0 Å². The van der Waals surface area contributed by atoms with Gasteiger partial charge in [-0.15, -0.1) is 0 Å². The summed E-state index contributed by atoms with van der Waals surface area (Å²) in [6.07, 6.45) is 3.60. The van der Waals surface area contributed by atoms with Crippen LogP contribution < -0.4 is 16.4 Å². The summed E-state index contributed by atoms with van der Waals surface area (Å²) in [6, 6.07) is 0.249. The Morgan fingerprint density at radius 2 is 1.95 bits per heavy atom. The van der Waals surface area contributed by atoms with Crippen LogP contribution in [0.4, 0.5) is 4.79 Å². The Hall–Kier alpha value is -1.46. The number of aliphatic imine (C=N–C) groups is 1. The van der Waals surface area contributed by atoms with E-state index in [4.69, 9.17) is 10.5 Å². The van der Waals surface area contributed by atoms with Gasteiger partial charge in [-0.1, -0.05) is 26.7 Å². The van der Waals surface area contributed by atoms with Crippen LogP contribution in [0.15, 0.2) is 4.99 Å². The van der Waals surface area contributed by atoms with E-state index in [0.717, 1.165) is 25.7 Å². The average Bonchev–Trinajstić information content (AvgIpc) is 2.39. The molecule has 0 aromatic carbocycles. The molecule has 0 saturated heterocycles. The zero-order valence-electron chi connectivity index (χ0n) is 15.0. The molecule has 0 rings (SSSR count). The molecule has 0 spiro atoms. The number of carbonyl (C=O) groups is 1. The Bertz CT molecular complexity index is 351. The van der Waals surface area contributed by atoms with Crippen molar-refractivity contribution in [3.8, 4) is 0 Å². The molecule has 0 aliphatic heterocycles. The number of amides is 1. The zero-order chi connectivity index (χ0) is 17.2. The number of hydrogen-bond acceptors (Lipinski definition) is 3. The van der Waals surface area contributed by atoms with Gasteiger partial charge in [0.25, 0.3) is 0 Å². The highest BCUT2D eigenvalue weighted by atomic mass is 16.6. The third-order valence-corrected chi connectivity index (χ3v) is 3.10. The molecule has 0 bridgehead atoms. The van der Waals surface area contributed by atoms with Crippen LogP contribution in [0.2, 0.25) is 0 Å². The molecule has 0 heterocycles. The topological polar surface area (TPSA) is 88.7 Å². The SMILES string of the molecule is CCCCC(CNC(=O)OC(C)(C)C)NC(N)=NC(C)CC. The van der Waals surface area contributed by atoms with Crippen LogP contribution in [0.1, 0.15) is 67.2 Å². The second-order valence-electron chi connectivity index (χ2n) is 6.64. The molecule has 6 heteroatoms. The number of hydrogen-bond donors (Lipinski definition) is 3. The number of carbonyl (C=O) groups excluding carboxylic acids is 1. The first-order valence-electron chi connectivity index (χ1n) is 8.24. The number of guanidine groups is 1. The molecule has 0 aromatic heterocycles. The van der Waals surface area contributed by atoms with E-state index in [9.17, 15) is 4.79 Å². The monoisotopic (exact) mass is 314 g/mol. The summed E-state index contributed by atoms with van der Waals surface area (Å²) >= 11 is 0. The second kappa shape index (κ2) is 10.3. The number of ether oxygens (including phenoxy) is 1. The zero-order valence-corrected chi connectivity index (χ0v) is 15.0. The van der Waals surface area contributed by atoms with Gasteiger partial charge < -0.3 is 21.1 Å². The predicted octanol–water partition coefficient (Wildman–Crippen LogP) is 2.77. The van der Waals surface area contributed by atoms with E-state index in [0.29, 0.717) is 12.5 Å². The molecule has 0 aliphatic carbocycles. The second-order valence-corrected chi connectivity index (χ2v) is 6.64. The molecule has 0 aromatic rings. The minimum Gasteiger partial charge on any atom is -0.444 e. The largest absolute Gasteiger partial charge is 0.444 e. The summed E-state index contributed by atoms with van der Waals surface area (Å²) in [6.45, 7) is 12.2. The summed E-state index contributed by atoms with van der Waals surface area (Å²) in [5.74, 6) is 0.432. The minimum atomic E-state index is -0.493. The Kier molecular flexibility index (Phi) is 9.61. The lowest BCUT2D eigenvalue weighted by atomic mass is 10.1. The van der Waals surface area contributed by atoms with Gasteiger partial charge in [-0.3, -0.25) is 4.99 Å². The van der Waals surface area contributed by atoms with E-state index in [-0.39, 0.29) is 12.1 Å². The number of nitrogens with zero attached hydrogens (tertiary/aromatic N) is 1. The number of nitrogens with one attached hydrogen (secondary N) is 2. The first-order chi connectivity index (χ1) is 10.2. The molecule has 0 aliphatic rings. The standard InChI is InChI=1S/C16H34N4O2/c1-7-9-10-13(20-14(17)19-12(3)8-2)11-18-15(21)22-16(4,5)6/h12-13H,7-11H2,1-6H3,(H,18,21)(H3,17,19,20). The molecule has 6 nitrogen and oxygen atoms in total. The number of nitrogens with two attached hydrogens (primary N) is 1. The van der Waals surface area contributed by atoms with Crippen LogP contribution in [0, 0.1) is 0 Å². The number of alkyl carbamates (subject to hydrolysis) is 1. The van der Waals surface area contributed by atoms with Gasteiger partial charge in [-0.2, -0.15) is 0 Å². The molecular weight excluding hydrogens is 280 g/mol. The predicted molar refractivity (Wildman–Crippen MR) is 92.1 cm³/mol. The van der Waals surface area contributed by atoms with Crippen LogP contribution >= 0.6 is 0 Å². The maximum Gasteiger partial charge on any atom is 0.407 e. The average molecular weight is 314 g/mol. The van der Waals surface area contributed by atoms with Gasteiger partial charge in [0.1, 0.15) is 5.60 Å². The van der Waals surface area contributed by atoms with E-state index in [1.807, 2.05) is 27.7 Å². The van der Waals surface area contributed by atoms with Crippen molar-refractivity contribution < 1.29 is 9.53 Å². The van der Waals surface area contributed by atoms with Gasteiger partial charge >= 0.3 is 6.09 Å². The molecule has 0 fully saturated rings. The molecule has 1 amide bonds. The summed E-state index contributed by atoms with van der Waals surface area (Å²) in [4.78, 5) is 16.1. The highest BCUT2D eigenvalue weighted by Gasteiger charge is 2.17. The Balaban J connectivity index is 4.45. The van der Waals surface area contributed by atoms with Gasteiger partial charge in [-0.05, 0) is 40.5 Å². The maximum atomic E-state index is 11.7. The lowest BCUT2D eigenvalue weighted by Gasteiger charge is -2.23. The molecular formula is C16H34N4O2. The maximum absolute atomic E-state index is 11.7. The summed E-state index contributed by atoms with van der Waals surface area (Å²) in [5, 5.41) is 5.98. The van der Waals surface area contributed by atoms with Crippen molar-refractivity contribution >= 4 is 12.1 Å². The van der Waals surface area contributed by atoms with Crippen LogP contribution in [0.5, 0.6) is 0 Å². The summed E-state index contributed by atoms with van der Waals surface area (Å²) < 4.78 is 5.24. The lowest BCUT2D eigenvalue weighted by Crippen LogP contribution is -2.47. The van der Waals surface area contributed by atoms with Gasteiger partial charge in [0, 0.05) is 12.6 Å². The van der Waals surface area contributed by atoms with Crippen LogP contribution in [-0.2, 0) is 4.74 Å². The van der Waals surface area contributed by atoms with Crippen LogP contribution in [-0.4, -0.2) is 36.3 Å². The number of rotatable bonds is 8. The third kappa shape index (κ3) is 11.2. The quantitative estimate of drug-likeness (QED) is 0.475. The molecule has 2 atom stereocenters. The van der Waals surface area contributed by atoms with Crippen molar-refractivity contribution in [1.82, 2.24) is 10.6 Å². The highest BCUT2D eigenvalue weighted by molar-refractivity contribution is 5.78.